The molecule has 0 aliphatic heterocycles. The predicted molar refractivity (Wildman–Crippen MR) is 137 cm³/mol. The number of carboxylic acids is 1. The Morgan fingerprint density at radius 2 is 1.03 bits per heavy atom. The molecule has 4 N–H and O–H groups in total. The lowest BCUT2D eigenvalue weighted by Crippen LogP contribution is -2.33. The number of aliphatic carboxylic acids is 1. The monoisotopic (exact) mass is 499 g/mol. The van der Waals surface area contributed by atoms with E-state index in [0.717, 1.165) is 51.4 Å². The Morgan fingerprint density at radius 1 is 0.657 bits per heavy atom. The molecule has 0 radical (unpaired) electrons. The summed E-state index contributed by atoms with van der Waals surface area (Å²) in [6.45, 7) is 12.7. The zero-order valence-corrected chi connectivity index (χ0v) is 22.7. The molecule has 0 aromatic carbocycles. The molecule has 0 fully saturated rings. The fourth-order valence-corrected chi connectivity index (χ4v) is 3.39. The standard InChI is InChI=1S/C26H49N3O6/c1-19(22(30)28-17-11-9-15-21(3)24(32)33)13-7-10-16-27-23(31)20(2)14-8-12-18-29-25(34)35-26(4,5)6/h19-21H,7-18H2,1-6H3,(H,27,31)(H,28,30)(H,29,34)(H,32,33)/t19-,20-,21-/m0/s1. The van der Waals surface area contributed by atoms with E-state index in [1.807, 2.05) is 34.6 Å². The van der Waals surface area contributed by atoms with Crippen LogP contribution in [0, 0.1) is 17.8 Å². The second-order valence-electron chi connectivity index (χ2n) is 10.5. The number of amides is 3. The average Bonchev–Trinajstić information content (AvgIpc) is 2.76. The van der Waals surface area contributed by atoms with E-state index in [1.165, 1.54) is 0 Å². The van der Waals surface area contributed by atoms with Gasteiger partial charge < -0.3 is 25.8 Å². The van der Waals surface area contributed by atoms with Crippen LogP contribution in [0.25, 0.3) is 0 Å². The number of carbonyl (C=O) groups is 4. The summed E-state index contributed by atoms with van der Waals surface area (Å²) in [5, 5.41) is 17.5. The molecule has 9 nitrogen and oxygen atoms in total. The number of hydrogen-bond acceptors (Lipinski definition) is 5. The highest BCUT2D eigenvalue weighted by atomic mass is 16.6. The second-order valence-corrected chi connectivity index (χ2v) is 10.5. The molecule has 204 valence electrons. The molecular formula is C26H49N3O6. The van der Waals surface area contributed by atoms with Crippen LogP contribution in [0.15, 0.2) is 0 Å². The lowest BCUT2D eigenvalue weighted by molar-refractivity contribution is -0.141. The first kappa shape index (κ1) is 32.7. The quantitative estimate of drug-likeness (QED) is 0.208. The average molecular weight is 500 g/mol. The van der Waals surface area contributed by atoms with Crippen molar-refractivity contribution in [1.82, 2.24) is 16.0 Å². The van der Waals surface area contributed by atoms with E-state index < -0.39 is 17.7 Å². The Labute approximate surface area is 211 Å². The predicted octanol–water partition coefficient (Wildman–Crippen LogP) is 4.25. The van der Waals surface area contributed by atoms with Gasteiger partial charge in [0.2, 0.25) is 11.8 Å². The molecule has 0 aromatic rings. The normalized spacial score (nSPS) is 13.9. The van der Waals surface area contributed by atoms with E-state index in [-0.39, 0.29) is 29.6 Å². The molecule has 0 aromatic heterocycles. The molecule has 35 heavy (non-hydrogen) atoms. The lowest BCUT2D eigenvalue weighted by Gasteiger charge is -2.19. The van der Waals surface area contributed by atoms with Crippen LogP contribution in [-0.4, -0.2) is 54.2 Å². The maximum Gasteiger partial charge on any atom is 0.407 e. The van der Waals surface area contributed by atoms with Gasteiger partial charge in [-0.25, -0.2) is 4.79 Å². The first-order chi connectivity index (χ1) is 16.3. The molecule has 0 aliphatic carbocycles. The Kier molecular flexibility index (Phi) is 16.8. The van der Waals surface area contributed by atoms with Gasteiger partial charge in [-0.05, 0) is 59.3 Å². The lowest BCUT2D eigenvalue weighted by atomic mass is 10.0. The van der Waals surface area contributed by atoms with Crippen LogP contribution in [0.4, 0.5) is 4.79 Å². The van der Waals surface area contributed by atoms with Crippen molar-refractivity contribution in [2.45, 2.75) is 105 Å². The molecule has 0 rings (SSSR count). The minimum atomic E-state index is -0.780. The third-order valence-corrected chi connectivity index (χ3v) is 5.78. The summed E-state index contributed by atoms with van der Waals surface area (Å²) in [7, 11) is 0. The van der Waals surface area contributed by atoms with Gasteiger partial charge in [0.25, 0.3) is 0 Å². The molecule has 0 saturated carbocycles. The zero-order valence-electron chi connectivity index (χ0n) is 22.7. The maximum atomic E-state index is 12.2. The Bertz CT molecular complexity index is 647. The largest absolute Gasteiger partial charge is 0.481 e. The van der Waals surface area contributed by atoms with Crippen LogP contribution in [0.5, 0.6) is 0 Å². The van der Waals surface area contributed by atoms with Crippen LogP contribution >= 0.6 is 0 Å². The van der Waals surface area contributed by atoms with Crippen LogP contribution in [0.2, 0.25) is 0 Å². The SMILES string of the molecule is C[C@@H](CCCCNC(=O)[C@@H](C)CCCCNC(=O)[C@@H](C)CCCCNC(=O)OC(C)(C)C)C(=O)O. The highest BCUT2D eigenvalue weighted by molar-refractivity contribution is 5.78. The number of unbranched alkanes of at least 4 members (excludes halogenated alkanes) is 3. The molecule has 9 heteroatoms. The third kappa shape index (κ3) is 18.7. The zero-order chi connectivity index (χ0) is 26.9. The molecule has 0 heterocycles. The summed E-state index contributed by atoms with van der Waals surface area (Å²) < 4.78 is 5.18. The van der Waals surface area contributed by atoms with Crippen LogP contribution < -0.4 is 16.0 Å². The van der Waals surface area contributed by atoms with E-state index >= 15 is 0 Å². The maximum absolute atomic E-state index is 12.2. The van der Waals surface area contributed by atoms with Gasteiger partial charge in [0.05, 0.1) is 5.92 Å². The van der Waals surface area contributed by atoms with Crippen molar-refractivity contribution in [3.8, 4) is 0 Å². The van der Waals surface area contributed by atoms with Crippen molar-refractivity contribution in [3.05, 3.63) is 0 Å². The molecule has 0 spiro atoms. The number of carbonyl (C=O) groups excluding carboxylic acids is 3. The van der Waals surface area contributed by atoms with Crippen molar-refractivity contribution in [3.63, 3.8) is 0 Å². The minimum absolute atomic E-state index is 0.0232. The highest BCUT2D eigenvalue weighted by Crippen LogP contribution is 2.11. The Morgan fingerprint density at radius 3 is 1.40 bits per heavy atom. The summed E-state index contributed by atoms with van der Waals surface area (Å²) in [4.78, 5) is 46.8. The van der Waals surface area contributed by atoms with Gasteiger partial charge >= 0.3 is 12.1 Å². The van der Waals surface area contributed by atoms with Gasteiger partial charge in [0, 0.05) is 31.5 Å². The first-order valence-electron chi connectivity index (χ1n) is 13.1. The van der Waals surface area contributed by atoms with E-state index in [1.54, 1.807) is 6.92 Å². The van der Waals surface area contributed by atoms with E-state index in [9.17, 15) is 19.2 Å². The summed E-state index contributed by atoms with van der Waals surface area (Å²) in [6.07, 6.45) is 6.59. The van der Waals surface area contributed by atoms with Crippen molar-refractivity contribution in [2.75, 3.05) is 19.6 Å². The van der Waals surface area contributed by atoms with E-state index in [4.69, 9.17) is 9.84 Å². The van der Waals surface area contributed by atoms with Gasteiger partial charge in [-0.1, -0.05) is 40.0 Å². The van der Waals surface area contributed by atoms with Crippen LogP contribution in [-0.2, 0) is 19.1 Å². The number of nitrogens with one attached hydrogen (secondary N) is 3. The number of alkyl carbamates (subject to hydrolysis) is 1. The van der Waals surface area contributed by atoms with Crippen LogP contribution in [0.3, 0.4) is 0 Å². The fourth-order valence-electron chi connectivity index (χ4n) is 3.39. The summed E-state index contributed by atoms with van der Waals surface area (Å²) >= 11 is 0. The number of carboxylic acid groups (broad SMARTS) is 1. The first-order valence-corrected chi connectivity index (χ1v) is 13.1. The smallest absolute Gasteiger partial charge is 0.407 e. The van der Waals surface area contributed by atoms with Gasteiger partial charge in [0.1, 0.15) is 5.60 Å². The Balaban J connectivity index is 3.76. The number of ether oxygens (including phenoxy) is 1. The van der Waals surface area contributed by atoms with E-state index in [0.29, 0.717) is 26.1 Å². The van der Waals surface area contributed by atoms with Crippen molar-refractivity contribution in [2.24, 2.45) is 17.8 Å². The molecule has 0 aliphatic rings. The van der Waals surface area contributed by atoms with Crippen molar-refractivity contribution in [1.29, 1.82) is 0 Å². The number of hydrogen-bond donors (Lipinski definition) is 4. The minimum Gasteiger partial charge on any atom is -0.481 e. The summed E-state index contributed by atoms with van der Waals surface area (Å²) in [6, 6.07) is 0. The topological polar surface area (TPSA) is 134 Å². The van der Waals surface area contributed by atoms with Gasteiger partial charge in [-0.2, -0.15) is 0 Å². The molecular weight excluding hydrogens is 450 g/mol. The summed E-state index contributed by atoms with van der Waals surface area (Å²) in [5.74, 6) is -1.24. The number of rotatable bonds is 18. The van der Waals surface area contributed by atoms with Crippen molar-refractivity contribution >= 4 is 23.9 Å². The van der Waals surface area contributed by atoms with Crippen molar-refractivity contribution < 1.29 is 29.0 Å². The molecule has 3 atom stereocenters. The second kappa shape index (κ2) is 18.0. The van der Waals surface area contributed by atoms with E-state index in [2.05, 4.69) is 16.0 Å². The summed E-state index contributed by atoms with van der Waals surface area (Å²) in [5.41, 5.74) is -0.508. The van der Waals surface area contributed by atoms with Gasteiger partial charge in [0.15, 0.2) is 0 Å². The van der Waals surface area contributed by atoms with Crippen LogP contribution in [0.1, 0.15) is 99.3 Å². The Hall–Kier alpha value is -2.32. The molecule has 0 unspecified atom stereocenters. The molecule has 3 amide bonds. The fraction of sp³-hybridized carbons (Fsp3) is 0.846. The third-order valence-electron chi connectivity index (χ3n) is 5.78. The molecule has 0 bridgehead atoms. The highest BCUT2D eigenvalue weighted by Gasteiger charge is 2.16. The molecule has 0 saturated heterocycles. The van der Waals surface area contributed by atoms with Gasteiger partial charge in [-0.3, -0.25) is 14.4 Å². The van der Waals surface area contributed by atoms with Gasteiger partial charge in [-0.15, -0.1) is 0 Å².